The minimum atomic E-state index is -1.09. The molecule has 1 aliphatic heterocycles. The lowest BCUT2D eigenvalue weighted by molar-refractivity contribution is -0.150. The van der Waals surface area contributed by atoms with E-state index >= 15 is 0 Å². The number of carbonyl (C=O) groups is 3. The van der Waals surface area contributed by atoms with Crippen molar-refractivity contribution in [3.63, 3.8) is 0 Å². The molecule has 2 rings (SSSR count). The van der Waals surface area contributed by atoms with Crippen LogP contribution in [0.2, 0.25) is 5.02 Å². The fourth-order valence-electron chi connectivity index (χ4n) is 2.14. The number of carbonyl (C=O) groups excluding carboxylic acids is 2. The molecule has 0 aromatic heterocycles. The Kier molecular flexibility index (Phi) is 4.99. The Hall–Kier alpha value is -2.12. The molecule has 0 saturated carbocycles. The smallest absolute Gasteiger partial charge is 0.332 e. The summed E-state index contributed by atoms with van der Waals surface area (Å²) in [4.78, 5) is 34.1. The molecule has 22 heavy (non-hydrogen) atoms. The predicted octanol–water partition coefficient (Wildman–Crippen LogP) is 1.87. The first-order valence-corrected chi connectivity index (χ1v) is 7.01. The third kappa shape index (κ3) is 3.96. The van der Waals surface area contributed by atoms with Crippen LogP contribution in [-0.4, -0.2) is 35.1 Å². The molecule has 8 heteroatoms. The van der Waals surface area contributed by atoms with Crippen LogP contribution in [0.1, 0.15) is 19.8 Å². The summed E-state index contributed by atoms with van der Waals surface area (Å²) in [5.41, 5.74) is 0.730. The van der Waals surface area contributed by atoms with Crippen LogP contribution < -0.4 is 10.6 Å². The normalized spacial score (nSPS) is 20.5. The molecule has 0 aliphatic carbocycles. The van der Waals surface area contributed by atoms with E-state index in [4.69, 9.17) is 21.4 Å². The highest BCUT2D eigenvalue weighted by molar-refractivity contribution is 6.31. The van der Waals surface area contributed by atoms with Crippen molar-refractivity contribution in [2.45, 2.75) is 32.0 Å². The van der Waals surface area contributed by atoms with E-state index in [1.54, 1.807) is 12.1 Å². The molecule has 1 heterocycles. The molecule has 1 aromatic rings. The number of rotatable bonds is 4. The van der Waals surface area contributed by atoms with Gasteiger partial charge in [-0.1, -0.05) is 11.6 Å². The van der Waals surface area contributed by atoms with E-state index < -0.39 is 24.1 Å². The summed E-state index contributed by atoms with van der Waals surface area (Å²) in [6.07, 6.45) is -1.21. The Morgan fingerprint density at radius 2 is 1.86 bits per heavy atom. The Morgan fingerprint density at radius 1 is 1.18 bits per heavy atom. The number of hydrogen-bond acceptors (Lipinski definition) is 4. The molecule has 2 atom stereocenters. The van der Waals surface area contributed by atoms with Gasteiger partial charge in [0.05, 0.1) is 11.4 Å². The largest absolute Gasteiger partial charge is 0.479 e. The Labute approximate surface area is 131 Å². The molecular weight excluding hydrogens is 312 g/mol. The molecule has 118 valence electrons. The highest BCUT2D eigenvalue weighted by Crippen LogP contribution is 2.27. The van der Waals surface area contributed by atoms with E-state index in [1.165, 1.54) is 13.0 Å². The number of amides is 2. The number of ether oxygens (including phenoxy) is 1. The molecule has 0 bridgehead atoms. The van der Waals surface area contributed by atoms with E-state index in [0.29, 0.717) is 22.8 Å². The van der Waals surface area contributed by atoms with Crippen LogP contribution in [0.15, 0.2) is 18.2 Å². The molecule has 1 fully saturated rings. The van der Waals surface area contributed by atoms with Crippen LogP contribution in [0.3, 0.4) is 0 Å². The maximum absolute atomic E-state index is 12.1. The first-order chi connectivity index (χ1) is 10.4. The topological polar surface area (TPSA) is 105 Å². The highest BCUT2D eigenvalue weighted by Gasteiger charge is 2.34. The van der Waals surface area contributed by atoms with Crippen LogP contribution in [0.4, 0.5) is 11.4 Å². The van der Waals surface area contributed by atoms with E-state index in [-0.39, 0.29) is 12.3 Å². The molecule has 3 N–H and O–H groups in total. The lowest BCUT2D eigenvalue weighted by Gasteiger charge is -2.15. The van der Waals surface area contributed by atoms with Crippen molar-refractivity contribution < 1.29 is 24.2 Å². The van der Waals surface area contributed by atoms with Gasteiger partial charge in [-0.05, 0) is 31.0 Å². The van der Waals surface area contributed by atoms with E-state index in [1.807, 2.05) is 0 Å². The van der Waals surface area contributed by atoms with Crippen molar-refractivity contribution in [3.05, 3.63) is 23.2 Å². The molecule has 0 spiro atoms. The number of carboxylic acids is 1. The zero-order chi connectivity index (χ0) is 16.3. The molecule has 1 saturated heterocycles. The van der Waals surface area contributed by atoms with Crippen LogP contribution in [0.25, 0.3) is 0 Å². The van der Waals surface area contributed by atoms with E-state index in [0.717, 1.165) is 0 Å². The molecule has 0 radical (unpaired) electrons. The van der Waals surface area contributed by atoms with Gasteiger partial charge < -0.3 is 20.5 Å². The number of benzene rings is 1. The van der Waals surface area contributed by atoms with Crippen molar-refractivity contribution in [2.24, 2.45) is 0 Å². The summed E-state index contributed by atoms with van der Waals surface area (Å²) in [5, 5.41) is 14.4. The number of anilines is 2. The van der Waals surface area contributed by atoms with Gasteiger partial charge in [0.15, 0.2) is 6.10 Å². The fourth-order valence-corrected chi connectivity index (χ4v) is 2.32. The van der Waals surface area contributed by atoms with Gasteiger partial charge in [-0.2, -0.15) is 0 Å². The zero-order valence-electron chi connectivity index (χ0n) is 11.8. The lowest BCUT2D eigenvalue weighted by atomic mass is 10.2. The summed E-state index contributed by atoms with van der Waals surface area (Å²) < 4.78 is 5.18. The van der Waals surface area contributed by atoms with Crippen molar-refractivity contribution in [3.8, 4) is 0 Å². The molecule has 7 nitrogen and oxygen atoms in total. The first kappa shape index (κ1) is 16.3. The average molecular weight is 327 g/mol. The van der Waals surface area contributed by atoms with Gasteiger partial charge in [-0.15, -0.1) is 0 Å². The third-order valence-electron chi connectivity index (χ3n) is 3.14. The minimum absolute atomic E-state index is 0.279. The second-order valence-electron chi connectivity index (χ2n) is 4.89. The van der Waals surface area contributed by atoms with Gasteiger partial charge in [-0.25, -0.2) is 4.79 Å². The fraction of sp³-hybridized carbons (Fsp3) is 0.357. The monoisotopic (exact) mass is 326 g/mol. The number of hydrogen-bond donors (Lipinski definition) is 3. The van der Waals surface area contributed by atoms with Crippen molar-refractivity contribution in [1.82, 2.24) is 0 Å². The number of aliphatic carboxylic acids is 1. The van der Waals surface area contributed by atoms with Gasteiger partial charge in [-0.3, -0.25) is 9.59 Å². The quantitative estimate of drug-likeness (QED) is 0.783. The maximum Gasteiger partial charge on any atom is 0.332 e. The second-order valence-corrected chi connectivity index (χ2v) is 5.33. The lowest BCUT2D eigenvalue weighted by Crippen LogP contribution is -2.30. The minimum Gasteiger partial charge on any atom is -0.479 e. The van der Waals surface area contributed by atoms with Gasteiger partial charge in [0, 0.05) is 11.9 Å². The number of halogens is 1. The zero-order valence-corrected chi connectivity index (χ0v) is 12.5. The van der Waals surface area contributed by atoms with Crippen LogP contribution in [0.5, 0.6) is 0 Å². The predicted molar refractivity (Wildman–Crippen MR) is 79.9 cm³/mol. The summed E-state index contributed by atoms with van der Waals surface area (Å²) in [7, 11) is 0. The van der Waals surface area contributed by atoms with E-state index in [2.05, 4.69) is 10.6 Å². The summed E-state index contributed by atoms with van der Waals surface area (Å²) in [5.74, 6) is -1.85. The van der Waals surface area contributed by atoms with Gasteiger partial charge in [0.25, 0.3) is 5.91 Å². The highest BCUT2D eigenvalue weighted by atomic mass is 35.5. The number of nitrogens with one attached hydrogen (secondary N) is 2. The first-order valence-electron chi connectivity index (χ1n) is 6.63. The van der Waals surface area contributed by atoms with Crippen molar-refractivity contribution in [1.29, 1.82) is 0 Å². The Morgan fingerprint density at radius 3 is 2.45 bits per heavy atom. The molecule has 0 unspecified atom stereocenters. The molecule has 1 aliphatic rings. The molecule has 2 amide bonds. The van der Waals surface area contributed by atoms with Crippen molar-refractivity contribution in [2.75, 3.05) is 10.6 Å². The Balaban J connectivity index is 2.10. The number of carboxylic acid groups (broad SMARTS) is 1. The van der Waals surface area contributed by atoms with Gasteiger partial charge in [0.2, 0.25) is 5.91 Å². The maximum atomic E-state index is 12.1. The molecule has 1 aromatic carbocycles. The van der Waals surface area contributed by atoms with Crippen LogP contribution in [-0.2, 0) is 19.1 Å². The SMILES string of the molecule is CC(=O)Nc1ccc(Cl)cc1NC(=O)[C@@H]1CC[C@H](C(=O)O)O1. The van der Waals surface area contributed by atoms with Gasteiger partial charge >= 0.3 is 5.97 Å². The average Bonchev–Trinajstić information content (AvgIpc) is 2.91. The summed E-state index contributed by atoms with van der Waals surface area (Å²) in [6, 6.07) is 4.64. The van der Waals surface area contributed by atoms with Crippen LogP contribution in [0, 0.1) is 0 Å². The van der Waals surface area contributed by atoms with Gasteiger partial charge in [0.1, 0.15) is 6.10 Å². The Bertz CT molecular complexity index is 619. The molecular formula is C14H15ClN2O5. The van der Waals surface area contributed by atoms with Crippen molar-refractivity contribution >= 4 is 40.8 Å². The van der Waals surface area contributed by atoms with Crippen LogP contribution >= 0.6 is 11.6 Å². The summed E-state index contributed by atoms with van der Waals surface area (Å²) in [6.45, 7) is 1.34. The van der Waals surface area contributed by atoms with E-state index in [9.17, 15) is 14.4 Å². The second kappa shape index (κ2) is 6.76. The third-order valence-corrected chi connectivity index (χ3v) is 3.37. The summed E-state index contributed by atoms with van der Waals surface area (Å²) >= 11 is 5.89. The standard InChI is InChI=1S/C14H15ClN2O5/c1-7(18)16-9-3-2-8(15)6-10(9)17-13(19)11-4-5-12(22-11)14(20)21/h2-3,6,11-12H,4-5H2,1H3,(H,16,18)(H,17,19)(H,20,21)/t11-,12+/m0/s1.